The molecule has 3 aromatic carbocycles. The van der Waals surface area contributed by atoms with Gasteiger partial charge in [0.25, 0.3) is 0 Å². The minimum Gasteiger partial charge on any atom is -0.497 e. The molecule has 7 nitrogen and oxygen atoms in total. The van der Waals surface area contributed by atoms with Crippen LogP contribution in [0.3, 0.4) is 0 Å². The van der Waals surface area contributed by atoms with E-state index >= 15 is 0 Å². The van der Waals surface area contributed by atoms with E-state index in [4.69, 9.17) is 16.3 Å². The number of ketones is 1. The number of rotatable bonds is 8. The van der Waals surface area contributed by atoms with Crippen LogP contribution in [0, 0.1) is 0 Å². The summed E-state index contributed by atoms with van der Waals surface area (Å²) in [6.45, 7) is 1.50. The number of halogens is 1. The SMILES string of the molecule is COc1cccc(-c2nnc(SCC(=O)Nc3ccc(C(C)=O)cc3)n2-c2ccc(Cl)cc2)c1. The maximum absolute atomic E-state index is 12.6. The molecular formula is C25H21ClN4O3S. The number of nitrogens with one attached hydrogen (secondary N) is 1. The van der Waals surface area contributed by atoms with Crippen LogP contribution >= 0.6 is 23.4 Å². The molecule has 34 heavy (non-hydrogen) atoms. The van der Waals surface area contributed by atoms with Gasteiger partial charge in [0.05, 0.1) is 12.9 Å². The minimum absolute atomic E-state index is 0.0261. The Morgan fingerprint density at radius 1 is 1.03 bits per heavy atom. The maximum Gasteiger partial charge on any atom is 0.234 e. The number of hydrogen-bond acceptors (Lipinski definition) is 6. The van der Waals surface area contributed by atoms with Crippen molar-refractivity contribution >= 4 is 40.7 Å². The fraction of sp³-hybridized carbons (Fsp3) is 0.120. The highest BCUT2D eigenvalue weighted by molar-refractivity contribution is 7.99. The summed E-state index contributed by atoms with van der Waals surface area (Å²) in [5.74, 6) is 1.21. The summed E-state index contributed by atoms with van der Waals surface area (Å²) >= 11 is 7.35. The second kappa shape index (κ2) is 10.5. The number of nitrogens with zero attached hydrogens (tertiary/aromatic N) is 3. The van der Waals surface area contributed by atoms with Gasteiger partial charge in [-0.3, -0.25) is 14.2 Å². The molecule has 0 bridgehead atoms. The Morgan fingerprint density at radius 2 is 1.76 bits per heavy atom. The van der Waals surface area contributed by atoms with Gasteiger partial charge in [-0.25, -0.2) is 0 Å². The van der Waals surface area contributed by atoms with Gasteiger partial charge in [0.15, 0.2) is 16.8 Å². The standard InChI is InChI=1S/C25H21ClN4O3S/c1-16(31)17-6-10-20(11-7-17)27-23(32)15-34-25-29-28-24(18-4-3-5-22(14-18)33-2)30(25)21-12-8-19(26)9-13-21/h3-14H,15H2,1-2H3,(H,27,32). The van der Waals surface area contributed by atoms with E-state index in [1.807, 2.05) is 41.0 Å². The summed E-state index contributed by atoms with van der Waals surface area (Å²) in [6.07, 6.45) is 0. The lowest BCUT2D eigenvalue weighted by atomic mass is 10.1. The fourth-order valence-electron chi connectivity index (χ4n) is 3.25. The van der Waals surface area contributed by atoms with Crippen LogP contribution in [0.5, 0.6) is 5.75 Å². The molecule has 1 heterocycles. The maximum atomic E-state index is 12.6. The molecule has 9 heteroatoms. The zero-order valence-corrected chi connectivity index (χ0v) is 20.1. The van der Waals surface area contributed by atoms with Crippen LogP contribution < -0.4 is 10.1 Å². The number of carbonyl (C=O) groups excluding carboxylic acids is 2. The number of carbonyl (C=O) groups is 2. The summed E-state index contributed by atoms with van der Waals surface area (Å²) < 4.78 is 7.23. The highest BCUT2D eigenvalue weighted by Crippen LogP contribution is 2.30. The van der Waals surface area contributed by atoms with Crippen LogP contribution in [-0.4, -0.2) is 39.3 Å². The van der Waals surface area contributed by atoms with Gasteiger partial charge >= 0.3 is 0 Å². The molecule has 4 rings (SSSR count). The molecule has 0 fully saturated rings. The summed E-state index contributed by atoms with van der Waals surface area (Å²) in [7, 11) is 1.61. The number of ether oxygens (including phenoxy) is 1. The summed E-state index contributed by atoms with van der Waals surface area (Å²) in [5, 5.41) is 12.7. The van der Waals surface area contributed by atoms with Crippen molar-refractivity contribution in [2.45, 2.75) is 12.1 Å². The molecule has 0 saturated carbocycles. The average molecular weight is 493 g/mol. The summed E-state index contributed by atoms with van der Waals surface area (Å²) in [5.41, 5.74) is 2.85. The van der Waals surface area contributed by atoms with E-state index in [0.717, 1.165) is 11.3 Å². The van der Waals surface area contributed by atoms with Gasteiger partial charge in [-0.2, -0.15) is 0 Å². The van der Waals surface area contributed by atoms with Gasteiger partial charge in [-0.15, -0.1) is 10.2 Å². The Kier molecular flexibility index (Phi) is 7.30. The Balaban J connectivity index is 1.57. The molecule has 1 amide bonds. The monoisotopic (exact) mass is 492 g/mol. The average Bonchev–Trinajstić information content (AvgIpc) is 3.27. The van der Waals surface area contributed by atoms with Crippen molar-refractivity contribution in [3.63, 3.8) is 0 Å². The lowest BCUT2D eigenvalue weighted by molar-refractivity contribution is -0.113. The van der Waals surface area contributed by atoms with Crippen molar-refractivity contribution in [2.75, 3.05) is 18.2 Å². The van der Waals surface area contributed by atoms with E-state index in [-0.39, 0.29) is 17.4 Å². The Bertz CT molecular complexity index is 1320. The molecular weight excluding hydrogens is 472 g/mol. The highest BCUT2D eigenvalue weighted by Gasteiger charge is 2.18. The largest absolute Gasteiger partial charge is 0.497 e. The van der Waals surface area contributed by atoms with Gasteiger partial charge in [-0.05, 0) is 67.6 Å². The number of Topliss-reactive ketones (excluding diaryl/α,β-unsaturated/α-hetero) is 1. The van der Waals surface area contributed by atoms with Crippen LogP contribution in [0.2, 0.25) is 5.02 Å². The van der Waals surface area contributed by atoms with E-state index in [1.54, 1.807) is 43.5 Å². The van der Waals surface area contributed by atoms with Gasteiger partial charge < -0.3 is 10.1 Å². The number of thioether (sulfide) groups is 1. The molecule has 1 N–H and O–H groups in total. The highest BCUT2D eigenvalue weighted by atomic mass is 35.5. The predicted molar refractivity (Wildman–Crippen MR) is 134 cm³/mol. The van der Waals surface area contributed by atoms with Crippen LogP contribution in [0.1, 0.15) is 17.3 Å². The quantitative estimate of drug-likeness (QED) is 0.257. The molecule has 0 unspecified atom stereocenters. The molecule has 0 saturated heterocycles. The van der Waals surface area contributed by atoms with E-state index in [0.29, 0.717) is 33.0 Å². The molecule has 0 atom stereocenters. The first kappa shape index (κ1) is 23.5. The van der Waals surface area contributed by atoms with Crippen LogP contribution in [0.25, 0.3) is 17.1 Å². The number of methoxy groups -OCH3 is 1. The van der Waals surface area contributed by atoms with Crippen LogP contribution in [0.15, 0.2) is 78.0 Å². The number of aromatic nitrogens is 3. The minimum atomic E-state index is -0.200. The zero-order chi connectivity index (χ0) is 24.1. The van der Waals surface area contributed by atoms with Crippen molar-refractivity contribution < 1.29 is 14.3 Å². The molecule has 0 spiro atoms. The predicted octanol–water partition coefficient (Wildman–Crippen LogP) is 5.53. The number of benzene rings is 3. The number of amides is 1. The van der Waals surface area contributed by atoms with Gasteiger partial charge in [-0.1, -0.05) is 35.5 Å². The second-order valence-electron chi connectivity index (χ2n) is 7.32. The molecule has 4 aromatic rings. The normalized spacial score (nSPS) is 10.7. The van der Waals surface area contributed by atoms with Gasteiger partial charge in [0.2, 0.25) is 5.91 Å². The molecule has 0 aliphatic rings. The van der Waals surface area contributed by atoms with E-state index < -0.39 is 0 Å². The Labute approximate surface area is 206 Å². The number of hydrogen-bond donors (Lipinski definition) is 1. The summed E-state index contributed by atoms with van der Waals surface area (Å²) in [4.78, 5) is 24.0. The van der Waals surface area contributed by atoms with Crippen molar-refractivity contribution in [1.82, 2.24) is 14.8 Å². The number of anilines is 1. The van der Waals surface area contributed by atoms with Crippen molar-refractivity contribution in [2.24, 2.45) is 0 Å². The first-order chi connectivity index (χ1) is 16.4. The molecule has 0 radical (unpaired) electrons. The molecule has 0 aliphatic heterocycles. The molecule has 172 valence electrons. The van der Waals surface area contributed by atoms with Crippen molar-refractivity contribution in [3.05, 3.63) is 83.4 Å². The first-order valence-electron chi connectivity index (χ1n) is 10.3. The third-order valence-corrected chi connectivity index (χ3v) is 6.13. The first-order valence-corrected chi connectivity index (χ1v) is 11.7. The van der Waals surface area contributed by atoms with Crippen LogP contribution in [-0.2, 0) is 4.79 Å². The smallest absolute Gasteiger partial charge is 0.234 e. The molecule has 0 aliphatic carbocycles. The Hall–Kier alpha value is -3.62. The molecule has 1 aromatic heterocycles. The topological polar surface area (TPSA) is 86.1 Å². The van der Waals surface area contributed by atoms with Gasteiger partial charge in [0.1, 0.15) is 5.75 Å². The van der Waals surface area contributed by atoms with Gasteiger partial charge in [0, 0.05) is 27.5 Å². The van der Waals surface area contributed by atoms with E-state index in [9.17, 15) is 9.59 Å². The zero-order valence-electron chi connectivity index (χ0n) is 18.5. The lowest BCUT2D eigenvalue weighted by Gasteiger charge is -2.11. The van der Waals surface area contributed by atoms with E-state index in [1.165, 1.54) is 18.7 Å². The van der Waals surface area contributed by atoms with E-state index in [2.05, 4.69) is 15.5 Å². The lowest BCUT2D eigenvalue weighted by Crippen LogP contribution is -2.14. The fourth-order valence-corrected chi connectivity index (χ4v) is 4.13. The second-order valence-corrected chi connectivity index (χ2v) is 8.70. The van der Waals surface area contributed by atoms with Crippen molar-refractivity contribution in [3.8, 4) is 22.8 Å². The third-order valence-electron chi connectivity index (χ3n) is 4.95. The third kappa shape index (κ3) is 5.47. The Morgan fingerprint density at radius 3 is 2.44 bits per heavy atom. The van der Waals surface area contributed by atoms with Crippen LogP contribution in [0.4, 0.5) is 5.69 Å². The van der Waals surface area contributed by atoms with Crippen molar-refractivity contribution in [1.29, 1.82) is 0 Å². The summed E-state index contributed by atoms with van der Waals surface area (Å²) in [6, 6.07) is 21.6.